The van der Waals surface area contributed by atoms with E-state index in [0.717, 1.165) is 0 Å². The number of halogens is 6. The second-order valence-electron chi connectivity index (χ2n) is 6.78. The molecule has 150 valence electrons. The highest BCUT2D eigenvalue weighted by Crippen LogP contribution is 2.44. The number of anilines is 1. The van der Waals surface area contributed by atoms with E-state index in [9.17, 15) is 41.0 Å². The van der Waals surface area contributed by atoms with E-state index in [1.807, 2.05) is 5.32 Å². The van der Waals surface area contributed by atoms with Crippen molar-refractivity contribution < 1.29 is 41.0 Å². The fourth-order valence-corrected chi connectivity index (χ4v) is 3.42. The van der Waals surface area contributed by atoms with Crippen LogP contribution in [0.5, 0.6) is 0 Å². The number of nitrogens with one attached hydrogen (secondary N) is 1. The molecule has 1 aliphatic rings. The lowest BCUT2D eigenvalue weighted by Gasteiger charge is -2.28. The number of hydrogen-bond acceptors (Lipinski definition) is 3. The largest absolute Gasteiger partial charge is 0.550 e. The Kier molecular flexibility index (Phi) is 5.77. The van der Waals surface area contributed by atoms with Crippen molar-refractivity contribution in [2.75, 3.05) is 5.32 Å². The summed E-state index contributed by atoms with van der Waals surface area (Å²) >= 11 is 0. The summed E-state index contributed by atoms with van der Waals surface area (Å²) in [5, 5.41) is 13.0. The monoisotopic (exact) mass is 396 g/mol. The third kappa shape index (κ3) is 5.61. The number of carboxylic acid groups (broad SMARTS) is 1. The van der Waals surface area contributed by atoms with Gasteiger partial charge in [0.2, 0.25) is 5.91 Å². The van der Waals surface area contributed by atoms with Gasteiger partial charge in [-0.3, -0.25) is 4.79 Å². The molecule has 1 fully saturated rings. The molecule has 0 heterocycles. The molecule has 1 aliphatic carbocycles. The van der Waals surface area contributed by atoms with Crippen LogP contribution in [-0.2, 0) is 21.9 Å². The molecule has 1 saturated carbocycles. The van der Waals surface area contributed by atoms with Crippen molar-refractivity contribution in [1.82, 2.24) is 0 Å². The predicted molar refractivity (Wildman–Crippen MR) is 80.2 cm³/mol. The van der Waals surface area contributed by atoms with Crippen LogP contribution in [0.15, 0.2) is 18.2 Å². The summed E-state index contributed by atoms with van der Waals surface area (Å²) in [6, 6.07) is 0.782. The first-order valence-corrected chi connectivity index (χ1v) is 8.10. The molecule has 10 heteroatoms. The normalized spacial score (nSPS) is 17.0. The molecule has 0 atom stereocenters. The van der Waals surface area contributed by atoms with Gasteiger partial charge in [0.05, 0.1) is 11.1 Å². The second-order valence-corrected chi connectivity index (χ2v) is 6.78. The third-order valence-electron chi connectivity index (χ3n) is 4.59. The van der Waals surface area contributed by atoms with Crippen molar-refractivity contribution in [3.63, 3.8) is 0 Å². The van der Waals surface area contributed by atoms with E-state index in [0.29, 0.717) is 37.8 Å². The smallest absolute Gasteiger partial charge is 0.416 e. The van der Waals surface area contributed by atoms with Gasteiger partial charge in [0, 0.05) is 18.1 Å². The lowest BCUT2D eigenvalue weighted by atomic mass is 9.79. The van der Waals surface area contributed by atoms with E-state index in [1.54, 1.807) is 0 Å². The van der Waals surface area contributed by atoms with Gasteiger partial charge >= 0.3 is 12.4 Å². The van der Waals surface area contributed by atoms with E-state index in [1.165, 1.54) is 0 Å². The highest BCUT2D eigenvalue weighted by molar-refractivity contribution is 5.91. The molecule has 0 aliphatic heterocycles. The van der Waals surface area contributed by atoms with Gasteiger partial charge in [-0.1, -0.05) is 12.8 Å². The predicted octanol–water partition coefficient (Wildman–Crippen LogP) is 3.75. The Hall–Kier alpha value is -2.26. The SMILES string of the molecule is O=C([O-])CC1(CC(=O)Nc2cc(C(F)(F)F)cc(C(F)(F)F)c2)CCCC1. The molecule has 0 bridgehead atoms. The summed E-state index contributed by atoms with van der Waals surface area (Å²) in [5.74, 6) is -2.20. The van der Waals surface area contributed by atoms with Gasteiger partial charge in [-0.15, -0.1) is 0 Å². The van der Waals surface area contributed by atoms with Crippen molar-refractivity contribution in [3.8, 4) is 0 Å². The molecule has 0 radical (unpaired) electrons. The van der Waals surface area contributed by atoms with Crippen LogP contribution in [-0.4, -0.2) is 11.9 Å². The van der Waals surface area contributed by atoms with Gasteiger partial charge in [0.25, 0.3) is 0 Å². The first kappa shape index (κ1) is 21.0. The summed E-state index contributed by atoms with van der Waals surface area (Å²) in [7, 11) is 0. The average molecular weight is 396 g/mol. The third-order valence-corrected chi connectivity index (χ3v) is 4.59. The molecule has 0 aromatic heterocycles. The van der Waals surface area contributed by atoms with Gasteiger partial charge in [-0.25, -0.2) is 0 Å². The van der Waals surface area contributed by atoms with Gasteiger partial charge in [0.1, 0.15) is 0 Å². The molecule has 1 aromatic rings. The standard InChI is InChI=1S/C17H17F6NO3/c18-16(19,20)10-5-11(17(21,22)23)7-12(6-10)24-13(25)8-15(9-14(26)27)3-1-2-4-15/h5-7H,1-4,8-9H2,(H,24,25)(H,26,27)/p-1. The lowest BCUT2D eigenvalue weighted by Crippen LogP contribution is -2.33. The maximum Gasteiger partial charge on any atom is 0.416 e. The van der Waals surface area contributed by atoms with Gasteiger partial charge in [-0.2, -0.15) is 26.3 Å². The number of rotatable bonds is 5. The molecule has 4 nitrogen and oxygen atoms in total. The van der Waals surface area contributed by atoms with E-state index in [2.05, 4.69) is 0 Å². The molecule has 1 N–H and O–H groups in total. The maximum absolute atomic E-state index is 12.9. The van der Waals surface area contributed by atoms with E-state index >= 15 is 0 Å². The summed E-state index contributed by atoms with van der Waals surface area (Å²) in [6.45, 7) is 0. The first-order chi connectivity index (χ1) is 12.3. The number of aliphatic carboxylic acids is 1. The Bertz CT molecular complexity index is 688. The zero-order valence-corrected chi connectivity index (χ0v) is 14.0. The zero-order chi connectivity index (χ0) is 20.5. The van der Waals surface area contributed by atoms with Crippen molar-refractivity contribution in [2.24, 2.45) is 5.41 Å². The summed E-state index contributed by atoms with van der Waals surface area (Å²) in [4.78, 5) is 23.1. The van der Waals surface area contributed by atoms with E-state index in [4.69, 9.17) is 0 Å². The Morgan fingerprint density at radius 1 is 0.926 bits per heavy atom. The fourth-order valence-electron chi connectivity index (χ4n) is 3.42. The number of benzene rings is 1. The molecule has 2 rings (SSSR count). The van der Waals surface area contributed by atoms with Crippen molar-refractivity contribution in [1.29, 1.82) is 0 Å². The molecule has 0 unspecified atom stereocenters. The Morgan fingerprint density at radius 2 is 1.41 bits per heavy atom. The number of carbonyl (C=O) groups is 2. The van der Waals surface area contributed by atoms with Crippen molar-refractivity contribution in [2.45, 2.75) is 50.9 Å². The molecule has 0 spiro atoms. The molecule has 1 amide bonds. The van der Waals surface area contributed by atoms with Crippen LogP contribution in [0.4, 0.5) is 32.0 Å². The number of carboxylic acids is 1. The van der Waals surface area contributed by atoms with Crippen LogP contribution >= 0.6 is 0 Å². The zero-order valence-electron chi connectivity index (χ0n) is 14.0. The Morgan fingerprint density at radius 3 is 1.81 bits per heavy atom. The van der Waals surface area contributed by atoms with Crippen molar-refractivity contribution in [3.05, 3.63) is 29.3 Å². The minimum Gasteiger partial charge on any atom is -0.550 e. The minimum absolute atomic E-state index is 0.0375. The first-order valence-electron chi connectivity index (χ1n) is 8.10. The maximum atomic E-state index is 12.9. The lowest BCUT2D eigenvalue weighted by molar-refractivity contribution is -0.308. The van der Waals surface area contributed by atoms with E-state index < -0.39 is 52.9 Å². The summed E-state index contributed by atoms with van der Waals surface area (Å²) in [6.07, 6.45) is -8.56. The van der Waals surface area contributed by atoms with Gasteiger partial charge in [0.15, 0.2) is 0 Å². The van der Waals surface area contributed by atoms with E-state index in [-0.39, 0.29) is 12.5 Å². The Labute approximate surface area is 150 Å². The molecular weight excluding hydrogens is 380 g/mol. The van der Waals surface area contributed by atoms with Crippen LogP contribution in [0.1, 0.15) is 49.7 Å². The van der Waals surface area contributed by atoms with Gasteiger partial charge in [-0.05, 0) is 42.9 Å². The number of carbonyl (C=O) groups excluding carboxylic acids is 2. The quantitative estimate of drug-likeness (QED) is 0.771. The van der Waals surface area contributed by atoms with Gasteiger partial charge < -0.3 is 15.2 Å². The molecule has 1 aromatic carbocycles. The molecule has 27 heavy (non-hydrogen) atoms. The van der Waals surface area contributed by atoms with Crippen LogP contribution in [0.3, 0.4) is 0 Å². The summed E-state index contributed by atoms with van der Waals surface area (Å²) in [5.41, 5.74) is -4.63. The van der Waals surface area contributed by atoms with Crippen LogP contribution in [0.25, 0.3) is 0 Å². The molecule has 0 saturated heterocycles. The molecular formula is C17H16F6NO3-. The number of hydrogen-bond donors (Lipinski definition) is 1. The highest BCUT2D eigenvalue weighted by Gasteiger charge is 2.38. The fraction of sp³-hybridized carbons (Fsp3) is 0.529. The Balaban J connectivity index is 2.25. The van der Waals surface area contributed by atoms with Crippen LogP contribution < -0.4 is 10.4 Å². The highest BCUT2D eigenvalue weighted by atomic mass is 19.4. The number of alkyl halides is 6. The van der Waals surface area contributed by atoms with Crippen LogP contribution in [0, 0.1) is 5.41 Å². The van der Waals surface area contributed by atoms with Crippen molar-refractivity contribution >= 4 is 17.6 Å². The van der Waals surface area contributed by atoms with Crippen LogP contribution in [0.2, 0.25) is 0 Å². The summed E-state index contributed by atoms with van der Waals surface area (Å²) < 4.78 is 77.1. The second kappa shape index (κ2) is 7.40. The minimum atomic E-state index is -5.03. The number of amides is 1. The average Bonchev–Trinajstić information content (AvgIpc) is 2.91. The topological polar surface area (TPSA) is 69.2 Å².